The Bertz CT molecular complexity index is 168. The molecule has 0 fully saturated rings. The van der Waals surface area contributed by atoms with E-state index in [-0.39, 0.29) is 0 Å². The second kappa shape index (κ2) is 3.22. The number of hydrogen-bond donors (Lipinski definition) is 0. The van der Waals surface area contributed by atoms with Gasteiger partial charge in [0.15, 0.2) is 0 Å². The molecule has 1 aliphatic rings. The molecule has 1 rings (SSSR count). The third-order valence-electron chi connectivity index (χ3n) is 1.49. The van der Waals surface area contributed by atoms with Crippen LogP contribution < -0.4 is 0 Å². The van der Waals surface area contributed by atoms with Crippen molar-refractivity contribution < 1.29 is 0 Å². The minimum atomic E-state index is -1.20. The fourth-order valence-electron chi connectivity index (χ4n) is 1.00. The Balaban J connectivity index is 2.81. The van der Waals surface area contributed by atoms with Gasteiger partial charge in [0.2, 0.25) is 3.79 Å². The quantitative estimate of drug-likeness (QED) is 0.575. The summed E-state index contributed by atoms with van der Waals surface area (Å²) in [6, 6.07) is 0. The summed E-state index contributed by atoms with van der Waals surface area (Å²) in [4.78, 5) is 0. The third kappa shape index (κ3) is 2.04. The lowest BCUT2D eigenvalue weighted by atomic mass is 10.3. The molecule has 0 N–H and O–H groups in total. The summed E-state index contributed by atoms with van der Waals surface area (Å²) in [5.41, 5.74) is 0.914. The SMILES string of the molecule is ClC(Cl)(Cl)C1=C(Br)CCC1. The Kier molecular flexibility index (Phi) is 2.96. The summed E-state index contributed by atoms with van der Waals surface area (Å²) in [6.07, 6.45) is 2.99. The molecule has 0 aromatic carbocycles. The van der Waals surface area contributed by atoms with Crippen molar-refractivity contribution in [2.24, 2.45) is 0 Å². The maximum Gasteiger partial charge on any atom is 0.213 e. The van der Waals surface area contributed by atoms with Crippen molar-refractivity contribution in [3.05, 3.63) is 10.1 Å². The topological polar surface area (TPSA) is 0 Å². The number of alkyl halides is 3. The van der Waals surface area contributed by atoms with Crippen LogP contribution in [0.5, 0.6) is 0 Å². The minimum Gasteiger partial charge on any atom is -0.0788 e. The highest BCUT2D eigenvalue weighted by atomic mass is 79.9. The molecular formula is C6H6BrCl3. The van der Waals surface area contributed by atoms with Crippen LogP contribution in [0.4, 0.5) is 0 Å². The van der Waals surface area contributed by atoms with Gasteiger partial charge in [0, 0.05) is 0 Å². The first kappa shape index (κ1) is 9.18. The first-order valence-corrected chi connectivity index (χ1v) is 4.89. The van der Waals surface area contributed by atoms with Crippen molar-refractivity contribution in [1.82, 2.24) is 0 Å². The molecule has 0 radical (unpaired) electrons. The zero-order chi connectivity index (χ0) is 7.78. The third-order valence-corrected chi connectivity index (χ3v) is 3.05. The maximum absolute atomic E-state index is 5.68. The zero-order valence-corrected chi connectivity index (χ0v) is 8.99. The van der Waals surface area contributed by atoms with Crippen molar-refractivity contribution in [3.8, 4) is 0 Å². The van der Waals surface area contributed by atoms with E-state index in [2.05, 4.69) is 15.9 Å². The van der Waals surface area contributed by atoms with Gasteiger partial charge in [-0.15, -0.1) is 0 Å². The summed E-state index contributed by atoms with van der Waals surface area (Å²) in [7, 11) is 0. The summed E-state index contributed by atoms with van der Waals surface area (Å²) < 4.78 is -0.137. The van der Waals surface area contributed by atoms with Crippen molar-refractivity contribution in [2.75, 3.05) is 0 Å². The predicted octanol–water partition coefficient (Wildman–Crippen LogP) is 4.19. The van der Waals surface area contributed by atoms with Gasteiger partial charge in [-0.2, -0.15) is 0 Å². The highest BCUT2D eigenvalue weighted by Crippen LogP contribution is 2.45. The van der Waals surface area contributed by atoms with Crippen LogP contribution in [0.15, 0.2) is 10.1 Å². The Morgan fingerprint density at radius 1 is 1.20 bits per heavy atom. The summed E-state index contributed by atoms with van der Waals surface area (Å²) in [5, 5.41) is 0. The Hall–Kier alpha value is 1.09. The highest BCUT2D eigenvalue weighted by Gasteiger charge is 2.30. The van der Waals surface area contributed by atoms with E-state index in [1.807, 2.05) is 0 Å². The van der Waals surface area contributed by atoms with Crippen molar-refractivity contribution in [2.45, 2.75) is 23.1 Å². The lowest BCUT2D eigenvalue weighted by Crippen LogP contribution is -2.05. The number of halogens is 4. The zero-order valence-electron chi connectivity index (χ0n) is 5.13. The average Bonchev–Trinajstić information content (AvgIpc) is 2.11. The van der Waals surface area contributed by atoms with Gasteiger partial charge in [0.25, 0.3) is 0 Å². The molecule has 0 saturated heterocycles. The minimum absolute atomic E-state index is 0.900. The molecule has 0 nitrogen and oxygen atoms in total. The van der Waals surface area contributed by atoms with E-state index >= 15 is 0 Å². The second-order valence-electron chi connectivity index (χ2n) is 2.23. The number of allylic oxidation sites excluding steroid dienone is 2. The maximum atomic E-state index is 5.68. The van der Waals surface area contributed by atoms with Gasteiger partial charge in [-0.25, -0.2) is 0 Å². The van der Waals surface area contributed by atoms with Crippen LogP contribution in [0, 0.1) is 0 Å². The van der Waals surface area contributed by atoms with E-state index in [4.69, 9.17) is 34.8 Å². The van der Waals surface area contributed by atoms with Gasteiger partial charge < -0.3 is 0 Å². The largest absolute Gasteiger partial charge is 0.213 e. The van der Waals surface area contributed by atoms with Crippen LogP contribution in [0.1, 0.15) is 19.3 Å². The Labute approximate surface area is 83.6 Å². The molecule has 0 atom stereocenters. The molecule has 0 saturated carbocycles. The monoisotopic (exact) mass is 262 g/mol. The molecule has 1 aliphatic carbocycles. The molecule has 0 spiro atoms. The van der Waals surface area contributed by atoms with E-state index in [1.165, 1.54) is 0 Å². The van der Waals surface area contributed by atoms with E-state index in [9.17, 15) is 0 Å². The fraction of sp³-hybridized carbons (Fsp3) is 0.667. The first-order valence-electron chi connectivity index (χ1n) is 2.96. The van der Waals surface area contributed by atoms with Crippen LogP contribution in [0.3, 0.4) is 0 Å². The molecule has 58 valence electrons. The van der Waals surface area contributed by atoms with Gasteiger partial charge >= 0.3 is 0 Å². The highest BCUT2D eigenvalue weighted by molar-refractivity contribution is 9.11. The standard InChI is InChI=1S/C6H6BrCl3/c7-5-3-1-2-4(5)6(8,9)10/h1-3H2. The normalized spacial score (nSPS) is 20.4. The van der Waals surface area contributed by atoms with E-state index in [0.717, 1.165) is 29.3 Å². The second-order valence-corrected chi connectivity index (χ2v) is 5.47. The van der Waals surface area contributed by atoms with E-state index in [1.54, 1.807) is 0 Å². The molecule has 10 heavy (non-hydrogen) atoms. The first-order chi connectivity index (χ1) is 4.52. The molecule has 0 aromatic heterocycles. The Morgan fingerprint density at radius 2 is 1.80 bits per heavy atom. The van der Waals surface area contributed by atoms with Crippen molar-refractivity contribution >= 4 is 50.7 Å². The van der Waals surface area contributed by atoms with Crippen molar-refractivity contribution in [3.63, 3.8) is 0 Å². The van der Waals surface area contributed by atoms with Gasteiger partial charge in [-0.1, -0.05) is 50.7 Å². The van der Waals surface area contributed by atoms with Crippen molar-refractivity contribution in [1.29, 1.82) is 0 Å². The van der Waals surface area contributed by atoms with E-state index < -0.39 is 3.79 Å². The molecule has 0 aliphatic heterocycles. The summed E-state index contributed by atoms with van der Waals surface area (Å²) >= 11 is 20.4. The lowest BCUT2D eigenvalue weighted by Gasteiger charge is -2.12. The molecular weight excluding hydrogens is 258 g/mol. The fourth-order valence-corrected chi connectivity index (χ4v) is 2.75. The molecule has 0 unspecified atom stereocenters. The van der Waals surface area contributed by atoms with Crippen LogP contribution in [-0.2, 0) is 0 Å². The van der Waals surface area contributed by atoms with Gasteiger partial charge in [-0.05, 0) is 29.3 Å². The lowest BCUT2D eigenvalue weighted by molar-refractivity contribution is 0.894. The van der Waals surface area contributed by atoms with E-state index in [0.29, 0.717) is 0 Å². The summed E-state index contributed by atoms with van der Waals surface area (Å²) in [6.45, 7) is 0. The van der Waals surface area contributed by atoms with Crippen LogP contribution in [0.25, 0.3) is 0 Å². The summed E-state index contributed by atoms with van der Waals surface area (Å²) in [5.74, 6) is 0. The predicted molar refractivity (Wildman–Crippen MR) is 50.1 cm³/mol. The molecule has 0 heterocycles. The van der Waals surface area contributed by atoms with Gasteiger partial charge in [0.05, 0.1) is 0 Å². The van der Waals surface area contributed by atoms with Gasteiger partial charge in [0.1, 0.15) is 0 Å². The average molecular weight is 264 g/mol. The smallest absolute Gasteiger partial charge is 0.0788 e. The van der Waals surface area contributed by atoms with Gasteiger partial charge in [-0.3, -0.25) is 0 Å². The van der Waals surface area contributed by atoms with Crippen LogP contribution in [-0.4, -0.2) is 3.79 Å². The molecule has 0 aromatic rings. The molecule has 0 amide bonds. The Morgan fingerprint density at radius 3 is 2.00 bits per heavy atom. The number of rotatable bonds is 0. The number of hydrogen-bond acceptors (Lipinski definition) is 0. The molecule has 4 heteroatoms. The van der Waals surface area contributed by atoms with Crippen LogP contribution >= 0.6 is 50.7 Å². The molecule has 0 bridgehead atoms. The van der Waals surface area contributed by atoms with Crippen LogP contribution in [0.2, 0.25) is 0 Å².